The molecule has 0 amide bonds. The van der Waals surface area contributed by atoms with Crippen molar-refractivity contribution in [3.05, 3.63) is 121 Å². The number of rotatable bonds is 4. The third-order valence-corrected chi connectivity index (χ3v) is 19.8. The lowest BCUT2D eigenvalue weighted by atomic mass is 10.4. The fraction of sp³-hybridized carbons (Fsp3) is 0.0769. The van der Waals surface area contributed by atoms with E-state index in [1.807, 2.05) is 0 Å². The first-order chi connectivity index (χ1) is 13.9. The first kappa shape index (κ1) is 16.7. The van der Waals surface area contributed by atoms with Crippen molar-refractivity contribution in [3.8, 4) is 0 Å². The van der Waals surface area contributed by atoms with Gasteiger partial charge in [-0.3, -0.25) is 0 Å². The van der Waals surface area contributed by atoms with Gasteiger partial charge in [0.25, 0.3) is 10.8 Å². The molecule has 2 aliphatic heterocycles. The summed E-state index contributed by atoms with van der Waals surface area (Å²) < 4.78 is 0. The van der Waals surface area contributed by atoms with Crippen molar-refractivity contribution in [1.82, 2.24) is 0 Å². The van der Waals surface area contributed by atoms with Gasteiger partial charge in [-0.15, -0.1) is 0 Å². The molecular formula is C26H22P2+2. The average Bonchev–Trinajstić information content (AvgIpc) is 3.68. The van der Waals surface area contributed by atoms with Gasteiger partial charge < -0.3 is 0 Å². The maximum absolute atomic E-state index is 2.39. The standard InChI is InChI=1S/C26H22P2/c1-5-13-21(14-6-1)27(22-15-7-2-8-16-22)25-26(27)28(25,23-17-9-3-10-18-23)24-19-11-4-12-20-24/h1-20,25-26H/q+2. The Morgan fingerprint density at radius 3 is 0.750 bits per heavy atom. The summed E-state index contributed by atoms with van der Waals surface area (Å²) in [4.78, 5) is 0. The molecule has 4 aromatic carbocycles. The van der Waals surface area contributed by atoms with Crippen LogP contribution < -0.4 is 21.2 Å². The van der Waals surface area contributed by atoms with Gasteiger partial charge >= 0.3 is 0 Å². The van der Waals surface area contributed by atoms with Crippen molar-refractivity contribution in [1.29, 1.82) is 0 Å². The molecule has 0 saturated carbocycles. The van der Waals surface area contributed by atoms with Crippen LogP contribution in [0.3, 0.4) is 0 Å². The summed E-state index contributed by atoms with van der Waals surface area (Å²) in [6.45, 7) is 0. The van der Waals surface area contributed by atoms with Crippen LogP contribution in [0.25, 0.3) is 0 Å². The summed E-state index contributed by atoms with van der Waals surface area (Å²) in [5, 5.41) is 8.04. The summed E-state index contributed by atoms with van der Waals surface area (Å²) in [6, 6.07) is 45.5. The molecule has 0 unspecified atom stereocenters. The third-order valence-electron chi connectivity index (χ3n) is 6.49. The smallest absolute Gasteiger partial charge is 0.0620 e. The molecule has 0 aromatic heterocycles. The predicted molar refractivity (Wildman–Crippen MR) is 126 cm³/mol. The van der Waals surface area contributed by atoms with Crippen LogP contribution in [0.5, 0.6) is 0 Å². The van der Waals surface area contributed by atoms with Crippen LogP contribution in [0.1, 0.15) is 0 Å². The third kappa shape index (κ3) is 2.03. The van der Waals surface area contributed by atoms with E-state index in [4.69, 9.17) is 0 Å². The highest BCUT2D eigenvalue weighted by Crippen LogP contribution is 3.17. The van der Waals surface area contributed by atoms with Gasteiger partial charge in [0, 0.05) is 0 Å². The number of benzene rings is 4. The molecule has 28 heavy (non-hydrogen) atoms. The summed E-state index contributed by atoms with van der Waals surface area (Å²) in [5.41, 5.74) is 0. The van der Waals surface area contributed by atoms with E-state index in [-0.39, 0.29) is 0 Å². The minimum absolute atomic E-state index is 0.828. The Hall–Kier alpha value is -2.26. The molecule has 0 aliphatic carbocycles. The Morgan fingerprint density at radius 2 is 0.536 bits per heavy atom. The molecule has 0 N–H and O–H groups in total. The van der Waals surface area contributed by atoms with Crippen LogP contribution in [-0.2, 0) is 0 Å². The van der Waals surface area contributed by atoms with E-state index >= 15 is 0 Å². The van der Waals surface area contributed by atoms with Gasteiger partial charge in [-0.2, -0.15) is 0 Å². The van der Waals surface area contributed by atoms with Crippen molar-refractivity contribution in [3.63, 3.8) is 0 Å². The Balaban J connectivity index is 1.54. The maximum Gasteiger partial charge on any atom is 0.267 e. The zero-order chi connectivity index (χ0) is 18.6. The fourth-order valence-electron chi connectivity index (χ4n) is 5.34. The Bertz CT molecular complexity index is 924. The molecular weight excluding hydrogens is 374 g/mol. The Morgan fingerprint density at radius 1 is 0.321 bits per heavy atom. The van der Waals surface area contributed by atoms with Gasteiger partial charge in [0.2, 0.25) is 0 Å². The molecule has 0 bridgehead atoms. The molecule has 2 heteroatoms. The lowest BCUT2D eigenvalue weighted by Gasteiger charge is -2.23. The van der Waals surface area contributed by atoms with E-state index in [1.54, 1.807) is 21.2 Å². The van der Waals surface area contributed by atoms with Gasteiger partial charge in [-0.1, -0.05) is 72.8 Å². The molecule has 134 valence electrons. The number of hydrogen-bond donors (Lipinski definition) is 0. The van der Waals surface area contributed by atoms with Crippen LogP contribution in [0.4, 0.5) is 0 Å². The summed E-state index contributed by atoms with van der Waals surface area (Å²) in [5.74, 6) is 0. The van der Waals surface area contributed by atoms with Crippen molar-refractivity contribution in [2.75, 3.05) is 0 Å². The van der Waals surface area contributed by atoms with Gasteiger partial charge in [0.15, 0.2) is 14.5 Å². The van der Waals surface area contributed by atoms with Crippen molar-refractivity contribution in [2.24, 2.45) is 0 Å². The lowest BCUT2D eigenvalue weighted by molar-refractivity contribution is 1.73. The van der Waals surface area contributed by atoms with Crippen LogP contribution >= 0.6 is 14.5 Å². The zero-order valence-corrected chi connectivity index (χ0v) is 17.4. The summed E-state index contributed by atoms with van der Waals surface area (Å²) in [7, 11) is -2.59. The van der Waals surface area contributed by atoms with Gasteiger partial charge in [0.05, 0.1) is 0 Å². The van der Waals surface area contributed by atoms with Crippen LogP contribution in [0.2, 0.25) is 0 Å². The highest BCUT2D eigenvalue weighted by atomic mass is 31.3. The van der Waals surface area contributed by atoms with E-state index in [1.165, 1.54) is 0 Å². The molecule has 2 fully saturated rings. The SMILES string of the molecule is c1ccc([P+]2(c3ccccc3)C3C2[P+]3(c2ccccc2)c2ccccc2)cc1. The average molecular weight is 396 g/mol. The molecule has 2 heterocycles. The zero-order valence-electron chi connectivity index (χ0n) is 15.6. The molecule has 4 aromatic rings. The molecule has 0 nitrogen and oxygen atoms in total. The summed E-state index contributed by atoms with van der Waals surface area (Å²) in [6.07, 6.45) is 0. The van der Waals surface area contributed by atoms with Crippen LogP contribution in [0.15, 0.2) is 121 Å². The highest BCUT2D eigenvalue weighted by Gasteiger charge is 3.13. The molecule has 0 spiro atoms. The topological polar surface area (TPSA) is 0 Å². The molecule has 0 atom stereocenters. The van der Waals surface area contributed by atoms with Crippen LogP contribution in [-0.4, -0.2) is 10.8 Å². The first-order valence-corrected chi connectivity index (χ1v) is 13.8. The number of hydrogen-bond acceptors (Lipinski definition) is 0. The molecule has 2 aliphatic rings. The lowest BCUT2D eigenvalue weighted by Crippen LogP contribution is -2.27. The van der Waals surface area contributed by atoms with Gasteiger partial charge in [0.1, 0.15) is 21.2 Å². The van der Waals surface area contributed by atoms with E-state index in [0.717, 1.165) is 10.8 Å². The molecule has 6 rings (SSSR count). The fourth-order valence-corrected chi connectivity index (χ4v) is 23.2. The van der Waals surface area contributed by atoms with E-state index in [0.29, 0.717) is 0 Å². The Labute approximate surface area is 167 Å². The minimum atomic E-state index is -1.29. The molecule has 2 saturated heterocycles. The van der Waals surface area contributed by atoms with Gasteiger partial charge in [-0.25, -0.2) is 0 Å². The van der Waals surface area contributed by atoms with Gasteiger partial charge in [-0.05, 0) is 48.5 Å². The highest BCUT2D eigenvalue weighted by molar-refractivity contribution is 8.30. The quantitative estimate of drug-likeness (QED) is 0.426. The predicted octanol–water partition coefficient (Wildman–Crippen LogP) is 5.00. The van der Waals surface area contributed by atoms with E-state index in [9.17, 15) is 0 Å². The monoisotopic (exact) mass is 396 g/mol. The van der Waals surface area contributed by atoms with E-state index in [2.05, 4.69) is 121 Å². The maximum atomic E-state index is 2.39. The Kier molecular flexibility index (Phi) is 3.64. The van der Waals surface area contributed by atoms with E-state index < -0.39 is 14.5 Å². The first-order valence-electron chi connectivity index (χ1n) is 9.90. The second-order valence-electron chi connectivity index (χ2n) is 7.72. The van der Waals surface area contributed by atoms with Crippen molar-refractivity contribution in [2.45, 2.75) is 10.8 Å². The van der Waals surface area contributed by atoms with Crippen molar-refractivity contribution < 1.29 is 0 Å². The summed E-state index contributed by atoms with van der Waals surface area (Å²) >= 11 is 0. The minimum Gasteiger partial charge on any atom is -0.0620 e. The molecule has 0 radical (unpaired) electrons. The largest absolute Gasteiger partial charge is 0.267 e. The number of fused-ring (bicyclic) bond motifs is 1. The van der Waals surface area contributed by atoms with Crippen molar-refractivity contribution >= 4 is 35.7 Å². The second-order valence-corrected chi connectivity index (χ2v) is 15.9. The second kappa shape index (κ2) is 6.12. The normalized spacial score (nSPS) is 22.9. The van der Waals surface area contributed by atoms with Crippen LogP contribution in [0, 0.1) is 0 Å².